The molecule has 11 heteroatoms. The van der Waals surface area contributed by atoms with Crippen LogP contribution in [0.4, 0.5) is 11.6 Å². The predicted molar refractivity (Wildman–Crippen MR) is 161 cm³/mol. The summed E-state index contributed by atoms with van der Waals surface area (Å²) in [5.41, 5.74) is 20.5. The molecule has 212 valence electrons. The standard InChI is InChI=1S/C29H40N10O/c1-20-35-26(38-29(32)36-20)9-3-2-6-14-33-27-22-7-4-5-8-24(22)37-25-11-10-21(19-23(25)27)28(40)34-15-18-39(16-12-30)17-13-31/h4-5,7-8,10-11,19H,2-3,6,9,12-18,30-31H2,1H3,(H,33,37)(H,34,40)(H2,32,35,36,38). The molecule has 0 saturated carbocycles. The van der Waals surface area contributed by atoms with Crippen molar-refractivity contribution in [2.75, 3.05) is 56.9 Å². The lowest BCUT2D eigenvalue weighted by molar-refractivity contribution is 0.0949. The Kier molecular flexibility index (Phi) is 10.5. The number of nitrogen functional groups attached to an aromatic ring is 1. The molecule has 0 bridgehead atoms. The summed E-state index contributed by atoms with van der Waals surface area (Å²) in [6.45, 7) is 6.46. The van der Waals surface area contributed by atoms with E-state index in [9.17, 15) is 4.79 Å². The molecule has 8 N–H and O–H groups in total. The van der Waals surface area contributed by atoms with Gasteiger partial charge in [0.2, 0.25) is 5.95 Å². The van der Waals surface area contributed by atoms with Crippen molar-refractivity contribution in [2.45, 2.75) is 32.6 Å². The maximum atomic E-state index is 13.0. The van der Waals surface area contributed by atoms with E-state index in [1.807, 2.05) is 43.3 Å². The molecule has 0 saturated heterocycles. The number of pyridine rings is 1. The number of nitrogens with zero attached hydrogens (tertiary/aromatic N) is 5. The number of carbonyl (C=O) groups is 1. The highest BCUT2D eigenvalue weighted by Gasteiger charge is 2.13. The minimum Gasteiger partial charge on any atom is -0.384 e. The van der Waals surface area contributed by atoms with Crippen LogP contribution in [-0.4, -0.2) is 76.6 Å². The minimum absolute atomic E-state index is 0.115. The van der Waals surface area contributed by atoms with Gasteiger partial charge in [-0.25, -0.2) is 9.97 Å². The Bertz CT molecular complexity index is 1400. The number of aromatic nitrogens is 4. The quantitative estimate of drug-likeness (QED) is 0.110. The number of anilines is 2. The number of para-hydroxylation sites is 1. The van der Waals surface area contributed by atoms with Crippen LogP contribution in [0, 0.1) is 6.92 Å². The zero-order valence-corrected chi connectivity index (χ0v) is 23.2. The van der Waals surface area contributed by atoms with Gasteiger partial charge in [0.15, 0.2) is 0 Å². The van der Waals surface area contributed by atoms with E-state index in [1.54, 1.807) is 0 Å². The van der Waals surface area contributed by atoms with Crippen molar-refractivity contribution in [1.82, 2.24) is 30.2 Å². The van der Waals surface area contributed by atoms with Crippen LogP contribution >= 0.6 is 0 Å². The number of amides is 1. The Hall–Kier alpha value is -3.93. The van der Waals surface area contributed by atoms with Crippen LogP contribution < -0.4 is 27.8 Å². The molecule has 2 aromatic heterocycles. The van der Waals surface area contributed by atoms with Gasteiger partial charge in [0, 0.05) is 68.6 Å². The fraction of sp³-hybridized carbons (Fsp3) is 0.414. The third-order valence-electron chi connectivity index (χ3n) is 6.74. The number of aryl methyl sites for hydroxylation is 2. The van der Waals surface area contributed by atoms with Crippen LogP contribution in [0.3, 0.4) is 0 Å². The normalized spacial score (nSPS) is 11.4. The van der Waals surface area contributed by atoms with Gasteiger partial charge < -0.3 is 27.8 Å². The fourth-order valence-electron chi connectivity index (χ4n) is 4.82. The van der Waals surface area contributed by atoms with Crippen LogP contribution in [0.1, 0.15) is 41.3 Å². The number of carbonyl (C=O) groups excluding carboxylic acids is 1. The van der Waals surface area contributed by atoms with Crippen molar-refractivity contribution in [3.63, 3.8) is 0 Å². The Morgan fingerprint density at radius 3 is 2.40 bits per heavy atom. The van der Waals surface area contributed by atoms with Crippen LogP contribution in [0.25, 0.3) is 21.8 Å². The maximum absolute atomic E-state index is 13.0. The summed E-state index contributed by atoms with van der Waals surface area (Å²) in [7, 11) is 0. The van der Waals surface area contributed by atoms with E-state index in [2.05, 4.69) is 36.6 Å². The van der Waals surface area contributed by atoms with Crippen molar-refractivity contribution in [1.29, 1.82) is 0 Å². The van der Waals surface area contributed by atoms with E-state index in [1.165, 1.54) is 0 Å². The smallest absolute Gasteiger partial charge is 0.251 e. The number of fused-ring (bicyclic) bond motifs is 2. The third kappa shape index (κ3) is 7.81. The summed E-state index contributed by atoms with van der Waals surface area (Å²) >= 11 is 0. The van der Waals surface area contributed by atoms with Crippen molar-refractivity contribution in [2.24, 2.45) is 11.5 Å². The molecule has 0 fully saturated rings. The molecule has 2 aromatic carbocycles. The summed E-state index contributed by atoms with van der Waals surface area (Å²) < 4.78 is 0. The third-order valence-corrected chi connectivity index (χ3v) is 6.74. The number of benzene rings is 2. The molecule has 0 spiro atoms. The van der Waals surface area contributed by atoms with E-state index in [0.717, 1.165) is 78.6 Å². The van der Waals surface area contributed by atoms with Gasteiger partial charge in [-0.15, -0.1) is 0 Å². The molecule has 0 radical (unpaired) electrons. The van der Waals surface area contributed by atoms with Gasteiger partial charge in [-0.2, -0.15) is 9.97 Å². The molecule has 1 amide bonds. The zero-order chi connectivity index (χ0) is 28.3. The Morgan fingerprint density at radius 2 is 1.62 bits per heavy atom. The van der Waals surface area contributed by atoms with E-state index in [0.29, 0.717) is 37.6 Å². The van der Waals surface area contributed by atoms with Crippen molar-refractivity contribution >= 4 is 39.3 Å². The highest BCUT2D eigenvalue weighted by Crippen LogP contribution is 2.31. The predicted octanol–water partition coefficient (Wildman–Crippen LogP) is 2.24. The summed E-state index contributed by atoms with van der Waals surface area (Å²) in [6.07, 6.45) is 3.71. The second kappa shape index (κ2) is 14.5. The Labute approximate surface area is 235 Å². The number of hydrogen-bond acceptors (Lipinski definition) is 10. The summed E-state index contributed by atoms with van der Waals surface area (Å²) in [4.78, 5) is 32.6. The summed E-state index contributed by atoms with van der Waals surface area (Å²) in [6, 6.07) is 13.7. The molecule has 0 aliphatic heterocycles. The lowest BCUT2D eigenvalue weighted by Gasteiger charge is -2.20. The Morgan fingerprint density at radius 1 is 0.850 bits per heavy atom. The first-order valence-corrected chi connectivity index (χ1v) is 13.9. The zero-order valence-electron chi connectivity index (χ0n) is 23.2. The van der Waals surface area contributed by atoms with E-state index < -0.39 is 0 Å². The molecule has 4 aromatic rings. The molecule has 11 nitrogen and oxygen atoms in total. The minimum atomic E-state index is -0.115. The summed E-state index contributed by atoms with van der Waals surface area (Å²) in [5, 5.41) is 8.62. The topological polar surface area (TPSA) is 174 Å². The van der Waals surface area contributed by atoms with Gasteiger partial charge >= 0.3 is 0 Å². The maximum Gasteiger partial charge on any atom is 0.251 e. The van der Waals surface area contributed by atoms with E-state index in [4.69, 9.17) is 22.2 Å². The second-order valence-electron chi connectivity index (χ2n) is 9.81. The number of hydrogen-bond donors (Lipinski definition) is 5. The number of nitrogens with one attached hydrogen (secondary N) is 2. The lowest BCUT2D eigenvalue weighted by Crippen LogP contribution is -2.39. The highest BCUT2D eigenvalue weighted by molar-refractivity contribution is 6.09. The van der Waals surface area contributed by atoms with Gasteiger partial charge in [-0.05, 0) is 44.0 Å². The molecule has 4 rings (SSSR count). The molecule has 0 atom stereocenters. The number of unbranched alkanes of at least 4 members (excludes halogenated alkanes) is 2. The van der Waals surface area contributed by atoms with Crippen LogP contribution in [0.2, 0.25) is 0 Å². The van der Waals surface area contributed by atoms with Gasteiger partial charge in [0.05, 0.1) is 16.7 Å². The molecule has 2 heterocycles. The first-order chi connectivity index (χ1) is 19.5. The number of nitrogens with two attached hydrogens (primary N) is 3. The largest absolute Gasteiger partial charge is 0.384 e. The van der Waals surface area contributed by atoms with Crippen LogP contribution in [-0.2, 0) is 6.42 Å². The molecular formula is C29H40N10O. The van der Waals surface area contributed by atoms with Gasteiger partial charge in [0.1, 0.15) is 11.6 Å². The van der Waals surface area contributed by atoms with Crippen molar-refractivity contribution < 1.29 is 4.79 Å². The van der Waals surface area contributed by atoms with Gasteiger partial charge in [0.25, 0.3) is 5.91 Å². The fourth-order valence-corrected chi connectivity index (χ4v) is 4.82. The SMILES string of the molecule is Cc1nc(N)nc(CCCCCNc2c3ccccc3nc3ccc(C(=O)NCCN(CCN)CCN)cc23)n1. The average Bonchev–Trinajstić information content (AvgIpc) is 2.93. The van der Waals surface area contributed by atoms with Crippen molar-refractivity contribution in [3.05, 3.63) is 59.7 Å². The molecule has 0 aliphatic rings. The monoisotopic (exact) mass is 544 g/mol. The van der Waals surface area contributed by atoms with E-state index >= 15 is 0 Å². The van der Waals surface area contributed by atoms with Crippen LogP contribution in [0.5, 0.6) is 0 Å². The Balaban J connectivity index is 1.42. The molecule has 0 unspecified atom stereocenters. The first-order valence-electron chi connectivity index (χ1n) is 13.9. The lowest BCUT2D eigenvalue weighted by atomic mass is 10.0. The summed E-state index contributed by atoms with van der Waals surface area (Å²) in [5.74, 6) is 1.54. The number of rotatable bonds is 15. The average molecular weight is 545 g/mol. The molecule has 0 aliphatic carbocycles. The second-order valence-corrected chi connectivity index (χ2v) is 9.81. The molecule has 40 heavy (non-hydrogen) atoms. The van der Waals surface area contributed by atoms with Gasteiger partial charge in [-0.1, -0.05) is 24.6 Å². The van der Waals surface area contributed by atoms with Gasteiger partial charge in [-0.3, -0.25) is 9.69 Å². The first kappa shape index (κ1) is 29.1. The molecular weight excluding hydrogens is 504 g/mol. The highest BCUT2D eigenvalue weighted by atomic mass is 16.1. The van der Waals surface area contributed by atoms with Crippen molar-refractivity contribution in [3.8, 4) is 0 Å². The van der Waals surface area contributed by atoms with E-state index in [-0.39, 0.29) is 11.9 Å². The van der Waals surface area contributed by atoms with Crippen LogP contribution in [0.15, 0.2) is 42.5 Å².